The number of rotatable bonds is 5. The Morgan fingerprint density at radius 3 is 2.43 bits per heavy atom. The lowest BCUT2D eigenvalue weighted by atomic mass is 10.1. The number of hydrogen-bond acceptors (Lipinski definition) is 5. The van der Waals surface area contributed by atoms with E-state index in [1.807, 2.05) is 48.7 Å². The number of benzene rings is 2. The van der Waals surface area contributed by atoms with Gasteiger partial charge in [-0.15, -0.1) is 11.3 Å². The van der Waals surface area contributed by atoms with Crippen LogP contribution in [-0.2, 0) is 0 Å². The summed E-state index contributed by atoms with van der Waals surface area (Å²) in [6.45, 7) is 2.03. The van der Waals surface area contributed by atoms with Crippen molar-refractivity contribution in [3.63, 3.8) is 0 Å². The molecule has 5 heteroatoms. The van der Waals surface area contributed by atoms with Crippen molar-refractivity contribution in [1.29, 1.82) is 0 Å². The fraction of sp³-hybridized carbons (Fsp3) is 0.167. The summed E-state index contributed by atoms with van der Waals surface area (Å²) in [7, 11) is 3.34. The van der Waals surface area contributed by atoms with Crippen molar-refractivity contribution < 1.29 is 9.47 Å². The van der Waals surface area contributed by atoms with Crippen LogP contribution in [-0.4, -0.2) is 19.2 Å². The summed E-state index contributed by atoms with van der Waals surface area (Å²) < 4.78 is 10.5. The summed E-state index contributed by atoms with van der Waals surface area (Å²) in [4.78, 5) is 4.65. The number of hydrogen-bond donors (Lipinski definition) is 1. The lowest BCUT2D eigenvalue weighted by molar-refractivity contribution is 0.412. The van der Waals surface area contributed by atoms with E-state index in [1.165, 1.54) is 0 Å². The average Bonchev–Trinajstić information content (AvgIpc) is 3.04. The normalized spacial score (nSPS) is 10.4. The van der Waals surface area contributed by atoms with Crippen LogP contribution in [0, 0.1) is 6.92 Å². The van der Waals surface area contributed by atoms with Gasteiger partial charge < -0.3 is 14.8 Å². The molecule has 0 spiro atoms. The maximum atomic E-state index is 5.30. The van der Waals surface area contributed by atoms with E-state index in [2.05, 4.69) is 16.4 Å². The van der Waals surface area contributed by atoms with Gasteiger partial charge in [-0.3, -0.25) is 0 Å². The maximum Gasteiger partial charge on any atom is 0.187 e. The van der Waals surface area contributed by atoms with E-state index in [0.29, 0.717) is 0 Å². The van der Waals surface area contributed by atoms with Gasteiger partial charge >= 0.3 is 0 Å². The highest BCUT2D eigenvalue weighted by atomic mass is 32.1. The maximum absolute atomic E-state index is 5.30. The first-order chi connectivity index (χ1) is 11.2. The molecule has 1 heterocycles. The summed E-state index contributed by atoms with van der Waals surface area (Å²) in [5, 5.41) is 6.22. The van der Waals surface area contributed by atoms with Crippen molar-refractivity contribution >= 4 is 22.2 Å². The Morgan fingerprint density at radius 1 is 1.00 bits per heavy atom. The van der Waals surface area contributed by atoms with E-state index in [9.17, 15) is 0 Å². The molecular formula is C18H18N2O2S. The Bertz CT molecular complexity index is 797. The van der Waals surface area contributed by atoms with E-state index in [1.54, 1.807) is 25.6 Å². The highest BCUT2D eigenvalue weighted by molar-refractivity contribution is 7.14. The zero-order chi connectivity index (χ0) is 16.2. The zero-order valence-electron chi connectivity index (χ0n) is 13.3. The van der Waals surface area contributed by atoms with Crippen LogP contribution in [0.4, 0.5) is 10.8 Å². The molecule has 0 aliphatic rings. The van der Waals surface area contributed by atoms with Gasteiger partial charge in [0.2, 0.25) is 0 Å². The largest absolute Gasteiger partial charge is 0.497 e. The molecule has 4 nitrogen and oxygen atoms in total. The SMILES string of the molecule is COc1ccc(Nc2nc(-c3ccc(OC)c(C)c3)cs2)cc1. The average molecular weight is 326 g/mol. The van der Waals surface area contributed by atoms with Crippen molar-refractivity contribution in [2.45, 2.75) is 6.92 Å². The predicted octanol–water partition coefficient (Wildman–Crippen LogP) is 4.88. The minimum Gasteiger partial charge on any atom is -0.497 e. The molecule has 0 atom stereocenters. The Labute approximate surface area is 139 Å². The number of anilines is 2. The smallest absolute Gasteiger partial charge is 0.187 e. The van der Waals surface area contributed by atoms with Crippen molar-refractivity contribution in [3.05, 3.63) is 53.4 Å². The van der Waals surface area contributed by atoms with Gasteiger partial charge in [0.1, 0.15) is 11.5 Å². The predicted molar refractivity (Wildman–Crippen MR) is 95.1 cm³/mol. The van der Waals surface area contributed by atoms with Crippen LogP contribution in [0.1, 0.15) is 5.56 Å². The monoisotopic (exact) mass is 326 g/mol. The third-order valence-electron chi connectivity index (χ3n) is 3.54. The second kappa shape index (κ2) is 6.71. The fourth-order valence-corrected chi connectivity index (χ4v) is 3.04. The molecule has 0 fully saturated rings. The van der Waals surface area contributed by atoms with Crippen LogP contribution in [0.3, 0.4) is 0 Å². The molecule has 23 heavy (non-hydrogen) atoms. The van der Waals surface area contributed by atoms with E-state index in [0.717, 1.165) is 39.1 Å². The van der Waals surface area contributed by atoms with Gasteiger partial charge in [-0.1, -0.05) is 0 Å². The summed E-state index contributed by atoms with van der Waals surface area (Å²) in [6, 6.07) is 13.9. The van der Waals surface area contributed by atoms with Crippen LogP contribution < -0.4 is 14.8 Å². The van der Waals surface area contributed by atoms with Gasteiger partial charge in [0.25, 0.3) is 0 Å². The fourth-order valence-electron chi connectivity index (χ4n) is 2.30. The van der Waals surface area contributed by atoms with Gasteiger partial charge in [0.05, 0.1) is 19.9 Å². The second-order valence-corrected chi connectivity index (χ2v) is 5.93. The molecule has 0 aliphatic heterocycles. The van der Waals surface area contributed by atoms with Crippen LogP contribution in [0.15, 0.2) is 47.8 Å². The van der Waals surface area contributed by atoms with E-state index in [-0.39, 0.29) is 0 Å². The molecular weight excluding hydrogens is 308 g/mol. The van der Waals surface area contributed by atoms with E-state index in [4.69, 9.17) is 9.47 Å². The molecule has 0 amide bonds. The second-order valence-electron chi connectivity index (χ2n) is 5.08. The number of nitrogens with zero attached hydrogens (tertiary/aromatic N) is 1. The van der Waals surface area contributed by atoms with Crippen LogP contribution in [0.2, 0.25) is 0 Å². The first kappa shape index (κ1) is 15.4. The summed E-state index contributed by atoms with van der Waals surface area (Å²) in [5.74, 6) is 1.73. The molecule has 0 saturated carbocycles. The Kier molecular flexibility index (Phi) is 4.48. The van der Waals surface area contributed by atoms with E-state index >= 15 is 0 Å². The molecule has 3 aromatic rings. The number of aromatic nitrogens is 1. The molecule has 0 bridgehead atoms. The van der Waals surface area contributed by atoms with Gasteiger partial charge in [-0.05, 0) is 55.0 Å². The third-order valence-corrected chi connectivity index (χ3v) is 4.29. The Hall–Kier alpha value is -2.53. The lowest BCUT2D eigenvalue weighted by Crippen LogP contribution is -1.91. The van der Waals surface area contributed by atoms with Gasteiger partial charge in [0, 0.05) is 16.6 Å². The molecule has 118 valence electrons. The van der Waals surface area contributed by atoms with Crippen molar-refractivity contribution in [1.82, 2.24) is 4.98 Å². The van der Waals surface area contributed by atoms with Crippen LogP contribution >= 0.6 is 11.3 Å². The molecule has 0 saturated heterocycles. The van der Waals surface area contributed by atoms with Crippen molar-refractivity contribution in [3.8, 4) is 22.8 Å². The number of ether oxygens (including phenoxy) is 2. The molecule has 1 N–H and O–H groups in total. The standard InChI is InChI=1S/C18H18N2O2S/c1-12-10-13(4-9-17(12)22-3)16-11-23-18(20-16)19-14-5-7-15(21-2)8-6-14/h4-11H,1-3H3,(H,19,20). The minimum atomic E-state index is 0.837. The van der Waals surface area contributed by atoms with Crippen LogP contribution in [0.25, 0.3) is 11.3 Å². The molecule has 0 unspecified atom stereocenters. The number of nitrogens with one attached hydrogen (secondary N) is 1. The zero-order valence-corrected chi connectivity index (χ0v) is 14.1. The minimum absolute atomic E-state index is 0.837. The Balaban J connectivity index is 1.78. The highest BCUT2D eigenvalue weighted by Gasteiger charge is 2.07. The van der Waals surface area contributed by atoms with Crippen molar-refractivity contribution in [2.24, 2.45) is 0 Å². The summed E-state index contributed by atoms with van der Waals surface area (Å²) in [5.41, 5.74) is 4.12. The Morgan fingerprint density at radius 2 is 1.78 bits per heavy atom. The first-order valence-electron chi connectivity index (χ1n) is 7.21. The molecule has 0 radical (unpaired) electrons. The summed E-state index contributed by atoms with van der Waals surface area (Å²) in [6.07, 6.45) is 0. The summed E-state index contributed by atoms with van der Waals surface area (Å²) >= 11 is 1.58. The van der Waals surface area contributed by atoms with Gasteiger partial charge in [0.15, 0.2) is 5.13 Å². The number of methoxy groups -OCH3 is 2. The molecule has 1 aromatic heterocycles. The van der Waals surface area contributed by atoms with Crippen LogP contribution in [0.5, 0.6) is 11.5 Å². The van der Waals surface area contributed by atoms with E-state index < -0.39 is 0 Å². The van der Waals surface area contributed by atoms with Gasteiger partial charge in [-0.25, -0.2) is 4.98 Å². The third kappa shape index (κ3) is 3.46. The molecule has 2 aromatic carbocycles. The number of thiazole rings is 1. The molecule has 3 rings (SSSR count). The van der Waals surface area contributed by atoms with Crippen molar-refractivity contribution in [2.75, 3.05) is 19.5 Å². The number of aryl methyl sites for hydroxylation is 1. The quantitative estimate of drug-likeness (QED) is 0.726. The first-order valence-corrected chi connectivity index (χ1v) is 8.09. The highest BCUT2D eigenvalue weighted by Crippen LogP contribution is 2.30. The topological polar surface area (TPSA) is 43.4 Å². The molecule has 0 aliphatic carbocycles. The lowest BCUT2D eigenvalue weighted by Gasteiger charge is -2.06. The van der Waals surface area contributed by atoms with Gasteiger partial charge in [-0.2, -0.15) is 0 Å².